The van der Waals surface area contributed by atoms with Gasteiger partial charge in [-0.3, -0.25) is 4.79 Å². The molecule has 6 heteroatoms. The van der Waals surface area contributed by atoms with Gasteiger partial charge in [0.25, 0.3) is 5.91 Å². The molecular formula is C19H18N2O4. The smallest absolute Gasteiger partial charge is 0.287 e. The van der Waals surface area contributed by atoms with E-state index in [9.17, 15) is 4.79 Å². The highest BCUT2D eigenvalue weighted by Gasteiger charge is 2.08. The van der Waals surface area contributed by atoms with E-state index in [4.69, 9.17) is 13.9 Å². The number of ether oxygens (including phenoxy) is 2. The molecule has 0 radical (unpaired) electrons. The zero-order chi connectivity index (χ0) is 17.5. The van der Waals surface area contributed by atoms with Crippen LogP contribution >= 0.6 is 0 Å². The number of pyridine rings is 1. The lowest BCUT2D eigenvalue weighted by Crippen LogP contribution is -2.22. The Kier molecular flexibility index (Phi) is 5.31. The molecule has 3 aromatic rings. The van der Waals surface area contributed by atoms with Gasteiger partial charge in [0.2, 0.25) is 5.88 Å². The summed E-state index contributed by atoms with van der Waals surface area (Å²) in [5.74, 6) is 1.91. The zero-order valence-electron chi connectivity index (χ0n) is 13.8. The molecule has 0 atom stereocenters. The molecule has 0 saturated heterocycles. The normalized spacial score (nSPS) is 10.3. The summed E-state index contributed by atoms with van der Waals surface area (Å²) in [5, 5.41) is 2.78. The molecular weight excluding hydrogens is 320 g/mol. The molecule has 0 saturated carbocycles. The van der Waals surface area contributed by atoms with Crippen LogP contribution in [-0.4, -0.2) is 17.5 Å². The number of hydrogen-bond donors (Lipinski definition) is 1. The van der Waals surface area contributed by atoms with Gasteiger partial charge in [0.15, 0.2) is 5.76 Å². The second-order valence-electron chi connectivity index (χ2n) is 5.17. The Labute approximate surface area is 145 Å². The molecule has 0 unspecified atom stereocenters. The van der Waals surface area contributed by atoms with Gasteiger partial charge in [-0.2, -0.15) is 0 Å². The van der Waals surface area contributed by atoms with Crippen LogP contribution in [0.4, 0.5) is 0 Å². The summed E-state index contributed by atoms with van der Waals surface area (Å²) in [7, 11) is 0. The molecule has 2 aromatic heterocycles. The molecule has 25 heavy (non-hydrogen) atoms. The summed E-state index contributed by atoms with van der Waals surface area (Å²) in [6, 6.07) is 14.2. The van der Waals surface area contributed by atoms with Crippen LogP contribution in [-0.2, 0) is 6.54 Å². The molecule has 0 spiro atoms. The van der Waals surface area contributed by atoms with Crippen LogP contribution in [0.25, 0.3) is 0 Å². The van der Waals surface area contributed by atoms with Gasteiger partial charge in [-0.05, 0) is 55.0 Å². The van der Waals surface area contributed by atoms with E-state index < -0.39 is 0 Å². The molecule has 0 aliphatic heterocycles. The van der Waals surface area contributed by atoms with Crippen molar-refractivity contribution in [1.29, 1.82) is 0 Å². The number of nitrogens with one attached hydrogen (secondary N) is 1. The summed E-state index contributed by atoms with van der Waals surface area (Å²) in [6.45, 7) is 2.90. The number of hydrogen-bond acceptors (Lipinski definition) is 5. The van der Waals surface area contributed by atoms with E-state index in [1.807, 2.05) is 37.3 Å². The fraction of sp³-hybridized carbons (Fsp3) is 0.158. The first-order chi connectivity index (χ1) is 12.2. The van der Waals surface area contributed by atoms with Crippen LogP contribution in [0.3, 0.4) is 0 Å². The summed E-state index contributed by atoms with van der Waals surface area (Å²) < 4.78 is 16.2. The number of nitrogens with zero attached hydrogens (tertiary/aromatic N) is 1. The minimum Gasteiger partial charge on any atom is -0.494 e. The average molecular weight is 338 g/mol. The average Bonchev–Trinajstić information content (AvgIpc) is 3.17. The molecule has 3 rings (SSSR count). The van der Waals surface area contributed by atoms with E-state index in [-0.39, 0.29) is 11.7 Å². The standard InChI is InChI=1S/C19H18N2O4/c1-2-23-15-5-7-16(8-6-15)25-18-12-14(9-10-20-18)13-21-19(22)17-4-3-11-24-17/h3-12H,2,13H2,1H3,(H,21,22). The first kappa shape index (κ1) is 16.6. The van der Waals surface area contributed by atoms with Gasteiger partial charge in [0.1, 0.15) is 11.5 Å². The lowest BCUT2D eigenvalue weighted by atomic mass is 10.2. The Bertz CT molecular complexity index is 814. The number of benzene rings is 1. The van der Waals surface area contributed by atoms with Crippen LogP contribution in [0.1, 0.15) is 23.0 Å². The van der Waals surface area contributed by atoms with Crippen LogP contribution < -0.4 is 14.8 Å². The summed E-state index contributed by atoms with van der Waals surface area (Å²) in [4.78, 5) is 16.1. The highest BCUT2D eigenvalue weighted by molar-refractivity contribution is 5.91. The predicted molar refractivity (Wildman–Crippen MR) is 91.8 cm³/mol. The SMILES string of the molecule is CCOc1ccc(Oc2cc(CNC(=O)c3ccco3)ccn2)cc1. The third-order valence-corrected chi connectivity index (χ3v) is 3.35. The zero-order valence-corrected chi connectivity index (χ0v) is 13.8. The predicted octanol–water partition coefficient (Wildman–Crippen LogP) is 3.80. The van der Waals surface area contributed by atoms with E-state index >= 15 is 0 Å². The quantitative estimate of drug-likeness (QED) is 0.709. The van der Waals surface area contributed by atoms with Gasteiger partial charge in [0.05, 0.1) is 12.9 Å². The maximum absolute atomic E-state index is 11.9. The van der Waals surface area contributed by atoms with Crippen molar-refractivity contribution >= 4 is 5.91 Å². The van der Waals surface area contributed by atoms with Crippen molar-refractivity contribution in [2.75, 3.05) is 6.61 Å². The van der Waals surface area contributed by atoms with Gasteiger partial charge in [0, 0.05) is 18.8 Å². The molecule has 0 aliphatic rings. The number of carbonyl (C=O) groups is 1. The van der Waals surface area contributed by atoms with Crippen LogP contribution in [0, 0.1) is 0 Å². The first-order valence-electron chi connectivity index (χ1n) is 7.92. The number of furan rings is 1. The summed E-state index contributed by atoms with van der Waals surface area (Å²) in [5.41, 5.74) is 0.871. The van der Waals surface area contributed by atoms with Crippen molar-refractivity contribution in [1.82, 2.24) is 10.3 Å². The van der Waals surface area contributed by atoms with E-state index in [1.54, 1.807) is 24.4 Å². The molecule has 1 aromatic carbocycles. The largest absolute Gasteiger partial charge is 0.494 e. The molecule has 6 nitrogen and oxygen atoms in total. The summed E-state index contributed by atoms with van der Waals surface area (Å²) in [6.07, 6.45) is 3.10. The van der Waals surface area contributed by atoms with Gasteiger partial charge in [-0.25, -0.2) is 4.98 Å². The highest BCUT2D eigenvalue weighted by Crippen LogP contribution is 2.23. The van der Waals surface area contributed by atoms with Crippen LogP contribution in [0.5, 0.6) is 17.4 Å². The molecule has 0 bridgehead atoms. The van der Waals surface area contributed by atoms with Gasteiger partial charge < -0.3 is 19.2 Å². The Morgan fingerprint density at radius 3 is 2.68 bits per heavy atom. The van der Waals surface area contributed by atoms with Crippen molar-refractivity contribution in [3.63, 3.8) is 0 Å². The Balaban J connectivity index is 1.60. The number of carbonyl (C=O) groups excluding carboxylic acids is 1. The van der Waals surface area contributed by atoms with Gasteiger partial charge in [-0.15, -0.1) is 0 Å². The van der Waals surface area contributed by atoms with Crippen LogP contribution in [0.15, 0.2) is 65.4 Å². The number of aromatic nitrogens is 1. The number of rotatable bonds is 7. The van der Waals surface area contributed by atoms with Crippen molar-refractivity contribution in [3.05, 3.63) is 72.3 Å². The lowest BCUT2D eigenvalue weighted by molar-refractivity contribution is 0.0923. The summed E-state index contributed by atoms with van der Waals surface area (Å²) >= 11 is 0. The van der Waals surface area contributed by atoms with E-state index in [0.717, 1.165) is 11.3 Å². The molecule has 2 heterocycles. The van der Waals surface area contributed by atoms with E-state index in [0.29, 0.717) is 24.8 Å². The lowest BCUT2D eigenvalue weighted by Gasteiger charge is -2.08. The molecule has 0 fully saturated rings. The van der Waals surface area contributed by atoms with Crippen LogP contribution in [0.2, 0.25) is 0 Å². The monoisotopic (exact) mass is 338 g/mol. The maximum Gasteiger partial charge on any atom is 0.287 e. The highest BCUT2D eigenvalue weighted by atomic mass is 16.5. The van der Waals surface area contributed by atoms with E-state index in [1.165, 1.54) is 6.26 Å². The second-order valence-corrected chi connectivity index (χ2v) is 5.17. The topological polar surface area (TPSA) is 73.6 Å². The Hall–Kier alpha value is -3.28. The third kappa shape index (κ3) is 4.60. The van der Waals surface area contributed by atoms with Gasteiger partial charge in [-0.1, -0.05) is 0 Å². The Morgan fingerprint density at radius 2 is 1.96 bits per heavy atom. The van der Waals surface area contributed by atoms with Gasteiger partial charge >= 0.3 is 0 Å². The molecule has 1 amide bonds. The molecule has 128 valence electrons. The fourth-order valence-electron chi connectivity index (χ4n) is 2.18. The van der Waals surface area contributed by atoms with Crippen molar-refractivity contribution in [3.8, 4) is 17.4 Å². The molecule has 0 aliphatic carbocycles. The maximum atomic E-state index is 11.9. The first-order valence-corrected chi connectivity index (χ1v) is 7.92. The number of amides is 1. The fourth-order valence-corrected chi connectivity index (χ4v) is 2.18. The Morgan fingerprint density at radius 1 is 1.16 bits per heavy atom. The molecule has 1 N–H and O–H groups in total. The van der Waals surface area contributed by atoms with Crippen molar-refractivity contribution < 1.29 is 18.7 Å². The van der Waals surface area contributed by atoms with Crippen molar-refractivity contribution in [2.45, 2.75) is 13.5 Å². The second kappa shape index (κ2) is 8.01. The van der Waals surface area contributed by atoms with E-state index in [2.05, 4.69) is 10.3 Å². The minimum atomic E-state index is -0.268. The minimum absolute atomic E-state index is 0.268. The third-order valence-electron chi connectivity index (χ3n) is 3.35. The van der Waals surface area contributed by atoms with Crippen molar-refractivity contribution in [2.24, 2.45) is 0 Å².